The Labute approximate surface area is 186 Å². The molecule has 8 heteroatoms. The van der Waals surface area contributed by atoms with Crippen LogP contribution in [0.25, 0.3) is 0 Å². The third-order valence-electron chi connectivity index (χ3n) is 6.00. The molecule has 0 aliphatic carbocycles. The first-order valence-corrected chi connectivity index (χ1v) is 11.6. The Kier molecular flexibility index (Phi) is 6.27. The largest absolute Gasteiger partial charge is 0.350 e. The van der Waals surface area contributed by atoms with E-state index in [-0.39, 0.29) is 29.0 Å². The van der Waals surface area contributed by atoms with Crippen LogP contribution in [0.4, 0.5) is 0 Å². The van der Waals surface area contributed by atoms with Gasteiger partial charge in [0.05, 0.1) is 0 Å². The lowest BCUT2D eigenvalue weighted by Crippen LogP contribution is -2.55. The summed E-state index contributed by atoms with van der Waals surface area (Å²) in [6.07, 6.45) is 4.09. The summed E-state index contributed by atoms with van der Waals surface area (Å²) in [7, 11) is 0. The third kappa shape index (κ3) is 4.17. The maximum atomic E-state index is 13.2. The van der Waals surface area contributed by atoms with Crippen LogP contribution in [-0.4, -0.2) is 45.4 Å². The summed E-state index contributed by atoms with van der Waals surface area (Å²) in [6.45, 7) is 4.30. The summed E-state index contributed by atoms with van der Waals surface area (Å²) in [6, 6.07) is 9.92. The summed E-state index contributed by atoms with van der Waals surface area (Å²) in [5.41, 5.74) is 2.56. The molecule has 2 N–H and O–H groups in total. The molecule has 2 aliphatic heterocycles. The first-order chi connectivity index (χ1) is 15.0. The molecule has 7 nitrogen and oxygen atoms in total. The van der Waals surface area contributed by atoms with Crippen LogP contribution in [0.15, 0.2) is 48.8 Å². The van der Waals surface area contributed by atoms with Crippen LogP contribution >= 0.6 is 11.8 Å². The lowest BCUT2D eigenvalue weighted by atomic mass is 9.97. The molecule has 0 spiro atoms. The Morgan fingerprint density at radius 2 is 1.97 bits per heavy atom. The second-order valence-electron chi connectivity index (χ2n) is 7.95. The van der Waals surface area contributed by atoms with E-state index in [9.17, 15) is 14.4 Å². The number of carbonyl (C=O) groups is 3. The van der Waals surface area contributed by atoms with E-state index in [4.69, 9.17) is 0 Å². The molecule has 1 aromatic heterocycles. The zero-order valence-electron chi connectivity index (χ0n) is 17.6. The fourth-order valence-electron chi connectivity index (χ4n) is 3.99. The van der Waals surface area contributed by atoms with Gasteiger partial charge in [0.15, 0.2) is 0 Å². The fraction of sp³-hybridized carbons (Fsp3) is 0.391. The lowest BCUT2D eigenvalue weighted by molar-refractivity contribution is -0.132. The first kappa shape index (κ1) is 21.4. The Morgan fingerprint density at radius 1 is 1.23 bits per heavy atom. The Balaban J connectivity index is 1.45. The van der Waals surface area contributed by atoms with Crippen LogP contribution in [0.3, 0.4) is 0 Å². The van der Waals surface area contributed by atoms with Gasteiger partial charge < -0.3 is 15.5 Å². The second kappa shape index (κ2) is 9.09. The van der Waals surface area contributed by atoms with E-state index >= 15 is 0 Å². The van der Waals surface area contributed by atoms with E-state index in [0.29, 0.717) is 17.9 Å². The number of benzene rings is 1. The van der Waals surface area contributed by atoms with E-state index in [2.05, 4.69) is 15.6 Å². The molecule has 3 heterocycles. The van der Waals surface area contributed by atoms with Crippen molar-refractivity contribution in [1.82, 2.24) is 20.5 Å². The quantitative estimate of drug-likeness (QED) is 0.693. The molecule has 3 amide bonds. The zero-order valence-corrected chi connectivity index (χ0v) is 18.4. The van der Waals surface area contributed by atoms with Crippen molar-refractivity contribution in [2.24, 2.45) is 5.92 Å². The molecule has 0 radical (unpaired) electrons. The molecule has 4 atom stereocenters. The number of carbonyl (C=O) groups excluding carboxylic acids is 3. The molecule has 2 aromatic rings. The van der Waals surface area contributed by atoms with Crippen molar-refractivity contribution in [3.8, 4) is 0 Å². The summed E-state index contributed by atoms with van der Waals surface area (Å²) >= 11 is 1.59. The van der Waals surface area contributed by atoms with Crippen molar-refractivity contribution in [2.75, 3.05) is 5.75 Å². The van der Waals surface area contributed by atoms with Crippen LogP contribution in [-0.2, 0) is 16.1 Å². The number of nitrogens with zero attached hydrogens (tertiary/aromatic N) is 2. The highest BCUT2D eigenvalue weighted by Gasteiger charge is 2.48. The van der Waals surface area contributed by atoms with Crippen molar-refractivity contribution in [2.45, 2.75) is 44.3 Å². The number of fused-ring (bicyclic) bond motifs is 3. The van der Waals surface area contributed by atoms with Crippen molar-refractivity contribution in [3.63, 3.8) is 0 Å². The highest BCUT2D eigenvalue weighted by molar-refractivity contribution is 7.99. The number of aromatic nitrogens is 1. The number of pyridine rings is 1. The summed E-state index contributed by atoms with van der Waals surface area (Å²) < 4.78 is 0. The van der Waals surface area contributed by atoms with E-state index in [1.165, 1.54) is 0 Å². The number of thioether (sulfide) groups is 1. The molecule has 0 saturated carbocycles. The molecule has 0 unspecified atom stereocenters. The Bertz CT molecular complexity index is 984. The summed E-state index contributed by atoms with van der Waals surface area (Å²) in [5, 5.41) is 5.71. The maximum absolute atomic E-state index is 13.2. The number of rotatable bonds is 7. The zero-order chi connectivity index (χ0) is 22.0. The molecule has 4 rings (SSSR count). The van der Waals surface area contributed by atoms with Crippen LogP contribution in [0, 0.1) is 5.92 Å². The molecule has 162 valence electrons. The molecular formula is C23H26N4O3S. The van der Waals surface area contributed by atoms with Crippen LogP contribution in [0.1, 0.15) is 47.1 Å². The summed E-state index contributed by atoms with van der Waals surface area (Å²) in [4.78, 5) is 44.6. The van der Waals surface area contributed by atoms with Crippen LogP contribution in [0.2, 0.25) is 0 Å². The van der Waals surface area contributed by atoms with Gasteiger partial charge in [0.25, 0.3) is 5.91 Å². The van der Waals surface area contributed by atoms with Gasteiger partial charge in [0, 0.05) is 30.3 Å². The van der Waals surface area contributed by atoms with Crippen LogP contribution < -0.4 is 10.6 Å². The van der Waals surface area contributed by atoms with Gasteiger partial charge in [-0.25, -0.2) is 0 Å². The lowest BCUT2D eigenvalue weighted by Gasteiger charge is -2.28. The molecule has 1 aromatic carbocycles. The molecular weight excluding hydrogens is 412 g/mol. The standard InChI is InChI=1S/C23H26N4O3S/c1-3-14(2)19(21(29)25-12-15-8-10-24-11-9-15)26-20(28)18-13-31-23-17-7-5-4-6-16(17)22(30)27(18)23/h4-11,14,18-19,23H,3,12-13H2,1-2H3,(H,25,29)(H,26,28)/t14-,18-,19-,23+/m0/s1. The monoisotopic (exact) mass is 438 g/mol. The minimum absolute atomic E-state index is 0.0438. The van der Waals surface area contributed by atoms with E-state index in [1.807, 2.05) is 44.2 Å². The average Bonchev–Trinajstić information content (AvgIpc) is 3.36. The van der Waals surface area contributed by atoms with Crippen LogP contribution in [0.5, 0.6) is 0 Å². The molecule has 2 aliphatic rings. The number of nitrogens with one attached hydrogen (secondary N) is 2. The number of hydrogen-bond donors (Lipinski definition) is 2. The van der Waals surface area contributed by atoms with Gasteiger partial charge in [-0.05, 0) is 35.2 Å². The first-order valence-electron chi connectivity index (χ1n) is 10.5. The maximum Gasteiger partial charge on any atom is 0.256 e. The Hall–Kier alpha value is -2.87. The van der Waals surface area contributed by atoms with E-state index < -0.39 is 12.1 Å². The van der Waals surface area contributed by atoms with Gasteiger partial charge in [-0.2, -0.15) is 0 Å². The predicted octanol–water partition coefficient (Wildman–Crippen LogP) is 2.50. The minimum atomic E-state index is -0.663. The normalized spacial score (nSPS) is 21.2. The fourth-order valence-corrected chi connectivity index (χ4v) is 5.46. The molecule has 1 fully saturated rings. The van der Waals surface area contributed by atoms with Crippen molar-refractivity contribution < 1.29 is 14.4 Å². The number of amides is 3. The SMILES string of the molecule is CC[C@H](C)[C@H](NC(=O)[C@@H]1CS[C@@H]2c3ccccc3C(=O)N21)C(=O)NCc1ccncc1. The molecule has 1 saturated heterocycles. The van der Waals surface area contributed by atoms with Crippen molar-refractivity contribution in [3.05, 3.63) is 65.5 Å². The molecule has 31 heavy (non-hydrogen) atoms. The van der Waals surface area contributed by atoms with E-state index in [1.54, 1.807) is 35.1 Å². The second-order valence-corrected chi connectivity index (χ2v) is 9.06. The van der Waals surface area contributed by atoms with Gasteiger partial charge >= 0.3 is 0 Å². The Morgan fingerprint density at radius 3 is 2.71 bits per heavy atom. The minimum Gasteiger partial charge on any atom is -0.350 e. The third-order valence-corrected chi connectivity index (χ3v) is 7.31. The summed E-state index contributed by atoms with van der Waals surface area (Å²) in [5.74, 6) is -0.147. The smallest absolute Gasteiger partial charge is 0.256 e. The molecule has 0 bridgehead atoms. The van der Waals surface area contributed by atoms with Crippen molar-refractivity contribution in [1.29, 1.82) is 0 Å². The van der Waals surface area contributed by atoms with Gasteiger partial charge in [0.2, 0.25) is 11.8 Å². The van der Waals surface area contributed by atoms with Crippen molar-refractivity contribution >= 4 is 29.5 Å². The van der Waals surface area contributed by atoms with Gasteiger partial charge in [-0.15, -0.1) is 11.8 Å². The topological polar surface area (TPSA) is 91.4 Å². The van der Waals surface area contributed by atoms with Gasteiger partial charge in [-0.3, -0.25) is 19.4 Å². The van der Waals surface area contributed by atoms with Gasteiger partial charge in [0.1, 0.15) is 17.5 Å². The highest BCUT2D eigenvalue weighted by atomic mass is 32.2. The predicted molar refractivity (Wildman–Crippen MR) is 119 cm³/mol. The average molecular weight is 439 g/mol. The van der Waals surface area contributed by atoms with Gasteiger partial charge in [-0.1, -0.05) is 38.5 Å². The number of hydrogen-bond acceptors (Lipinski definition) is 5. The van der Waals surface area contributed by atoms with E-state index in [0.717, 1.165) is 17.5 Å². The highest BCUT2D eigenvalue weighted by Crippen LogP contribution is 2.48.